The van der Waals surface area contributed by atoms with E-state index in [-0.39, 0.29) is 29.7 Å². The SMILES string of the molecule is CCC(CCCNC(=O)[C@H](Cc1ccccc1)NC(=O)OC)N1C(=N)NC(CC(C)C)(c2ccccc2)C1=O. The first-order valence-electron chi connectivity index (χ1n) is 13.6. The Morgan fingerprint density at radius 3 is 2.31 bits per heavy atom. The predicted molar refractivity (Wildman–Crippen MR) is 151 cm³/mol. The molecule has 0 aliphatic carbocycles. The van der Waals surface area contributed by atoms with Crippen molar-refractivity contribution < 1.29 is 19.1 Å². The Labute approximate surface area is 231 Å². The Morgan fingerprint density at radius 2 is 1.72 bits per heavy atom. The van der Waals surface area contributed by atoms with Gasteiger partial charge in [-0.2, -0.15) is 0 Å². The first kappa shape index (κ1) is 29.7. The van der Waals surface area contributed by atoms with Crippen LogP contribution in [0, 0.1) is 11.3 Å². The van der Waals surface area contributed by atoms with Crippen molar-refractivity contribution in [2.45, 2.75) is 70.5 Å². The smallest absolute Gasteiger partial charge is 0.407 e. The summed E-state index contributed by atoms with van der Waals surface area (Å²) in [7, 11) is 1.26. The molecule has 0 saturated carbocycles. The summed E-state index contributed by atoms with van der Waals surface area (Å²) in [5.74, 6) is -0.0461. The largest absolute Gasteiger partial charge is 0.453 e. The number of carbonyl (C=O) groups excluding carboxylic acids is 3. The topological polar surface area (TPSA) is 124 Å². The van der Waals surface area contributed by atoms with Crippen molar-refractivity contribution in [2.24, 2.45) is 5.92 Å². The summed E-state index contributed by atoms with van der Waals surface area (Å²) >= 11 is 0. The molecule has 1 saturated heterocycles. The molecule has 9 heteroatoms. The average molecular weight is 536 g/mol. The number of guanidine groups is 1. The van der Waals surface area contributed by atoms with E-state index in [0.717, 1.165) is 11.1 Å². The van der Waals surface area contributed by atoms with E-state index in [1.54, 1.807) is 4.90 Å². The van der Waals surface area contributed by atoms with E-state index < -0.39 is 17.7 Å². The van der Waals surface area contributed by atoms with Crippen LogP contribution in [-0.4, -0.2) is 54.5 Å². The van der Waals surface area contributed by atoms with Crippen molar-refractivity contribution >= 4 is 23.9 Å². The van der Waals surface area contributed by atoms with Crippen molar-refractivity contribution in [3.05, 3.63) is 71.8 Å². The minimum absolute atomic E-state index is 0.103. The van der Waals surface area contributed by atoms with E-state index in [4.69, 9.17) is 10.1 Å². The lowest BCUT2D eigenvalue weighted by atomic mass is 9.82. The molecule has 1 aliphatic heterocycles. The number of nitrogens with one attached hydrogen (secondary N) is 4. The van der Waals surface area contributed by atoms with Crippen LogP contribution in [0.5, 0.6) is 0 Å². The van der Waals surface area contributed by atoms with Crippen molar-refractivity contribution in [1.29, 1.82) is 5.41 Å². The van der Waals surface area contributed by atoms with Gasteiger partial charge in [-0.1, -0.05) is 81.4 Å². The number of benzene rings is 2. The molecule has 2 aromatic rings. The maximum Gasteiger partial charge on any atom is 0.407 e. The second-order valence-corrected chi connectivity index (χ2v) is 10.4. The van der Waals surface area contributed by atoms with Crippen LogP contribution in [0.3, 0.4) is 0 Å². The van der Waals surface area contributed by atoms with Crippen LogP contribution < -0.4 is 16.0 Å². The minimum Gasteiger partial charge on any atom is -0.453 e. The first-order valence-corrected chi connectivity index (χ1v) is 13.6. The fraction of sp³-hybridized carbons (Fsp3) is 0.467. The van der Waals surface area contributed by atoms with Crippen molar-refractivity contribution in [2.75, 3.05) is 13.7 Å². The molecule has 3 amide bonds. The standard InChI is InChI=1S/C30H41N5O4/c1-5-24(35-27(37)30(20-21(2)3,34-28(35)31)23-15-10-7-11-16-23)17-12-18-32-26(36)25(33-29(38)39-4)19-22-13-8-6-9-14-22/h6-11,13-16,21,24-25H,5,12,17-20H2,1-4H3,(H2,31,34)(H,32,36)(H,33,38)/t24?,25-,30?/m0/s1. The van der Waals surface area contributed by atoms with Gasteiger partial charge in [-0.3, -0.25) is 19.9 Å². The molecule has 210 valence electrons. The number of alkyl carbamates (subject to hydrolysis) is 1. The van der Waals surface area contributed by atoms with Crippen LogP contribution >= 0.6 is 0 Å². The highest BCUT2D eigenvalue weighted by Gasteiger charge is 2.52. The molecule has 2 aromatic carbocycles. The molecule has 0 spiro atoms. The van der Waals surface area contributed by atoms with Gasteiger partial charge in [0.1, 0.15) is 11.6 Å². The highest BCUT2D eigenvalue weighted by atomic mass is 16.5. The van der Waals surface area contributed by atoms with Crippen LogP contribution in [-0.2, 0) is 26.3 Å². The highest BCUT2D eigenvalue weighted by Crippen LogP contribution is 2.36. The molecular weight excluding hydrogens is 494 g/mol. The van der Waals surface area contributed by atoms with Crippen LogP contribution in [0.2, 0.25) is 0 Å². The van der Waals surface area contributed by atoms with Gasteiger partial charge in [-0.15, -0.1) is 0 Å². The van der Waals surface area contributed by atoms with Crippen LogP contribution in [0.25, 0.3) is 0 Å². The fourth-order valence-corrected chi connectivity index (χ4v) is 5.21. The van der Waals surface area contributed by atoms with Gasteiger partial charge in [0.15, 0.2) is 5.96 Å². The summed E-state index contributed by atoms with van der Waals surface area (Å²) in [6.07, 6.45) is 2.15. The van der Waals surface area contributed by atoms with Crippen molar-refractivity contribution in [3.8, 4) is 0 Å². The molecule has 0 radical (unpaired) electrons. The summed E-state index contributed by atoms with van der Waals surface area (Å²) in [6.45, 7) is 6.53. The number of hydrogen-bond donors (Lipinski definition) is 4. The monoisotopic (exact) mass is 535 g/mol. The van der Waals surface area contributed by atoms with E-state index >= 15 is 0 Å². The molecule has 4 N–H and O–H groups in total. The summed E-state index contributed by atoms with van der Waals surface area (Å²) in [6, 6.07) is 18.1. The van der Waals surface area contributed by atoms with Gasteiger partial charge in [0, 0.05) is 19.0 Å². The summed E-state index contributed by atoms with van der Waals surface area (Å²) in [5.41, 5.74) is 0.820. The highest BCUT2D eigenvalue weighted by molar-refractivity contribution is 6.08. The number of hydrogen-bond acceptors (Lipinski definition) is 5. The number of carbonyl (C=O) groups is 3. The van der Waals surface area contributed by atoms with Gasteiger partial charge in [0.25, 0.3) is 5.91 Å². The molecule has 3 rings (SSSR count). The average Bonchev–Trinajstić information content (AvgIpc) is 3.18. The maximum absolute atomic E-state index is 13.9. The molecule has 0 bridgehead atoms. The lowest BCUT2D eigenvalue weighted by Gasteiger charge is -2.31. The number of ether oxygens (including phenoxy) is 1. The first-order chi connectivity index (χ1) is 18.7. The summed E-state index contributed by atoms with van der Waals surface area (Å²) in [4.78, 5) is 40.3. The van der Waals surface area contributed by atoms with E-state index in [1.165, 1.54) is 7.11 Å². The zero-order chi connectivity index (χ0) is 28.4. The predicted octanol–water partition coefficient (Wildman–Crippen LogP) is 3.94. The molecule has 1 heterocycles. The van der Waals surface area contributed by atoms with Crippen molar-refractivity contribution in [1.82, 2.24) is 20.9 Å². The normalized spacial score (nSPS) is 18.4. The Bertz CT molecular complexity index is 1120. The van der Waals surface area contributed by atoms with Crippen LogP contribution in [0.1, 0.15) is 57.6 Å². The second kappa shape index (κ2) is 13.8. The van der Waals surface area contributed by atoms with Crippen LogP contribution in [0.4, 0.5) is 4.79 Å². The number of methoxy groups -OCH3 is 1. The van der Waals surface area contributed by atoms with E-state index in [1.807, 2.05) is 67.6 Å². The van der Waals surface area contributed by atoms with E-state index in [0.29, 0.717) is 38.6 Å². The van der Waals surface area contributed by atoms with Gasteiger partial charge in [0.05, 0.1) is 7.11 Å². The quantitative estimate of drug-likeness (QED) is 0.289. The molecular formula is C30H41N5O4. The molecule has 0 aromatic heterocycles. The summed E-state index contributed by atoms with van der Waals surface area (Å²) in [5, 5.41) is 17.4. The molecule has 1 aliphatic rings. The van der Waals surface area contributed by atoms with Gasteiger partial charge in [-0.25, -0.2) is 4.79 Å². The third-order valence-electron chi connectivity index (χ3n) is 7.06. The molecule has 3 atom stereocenters. The maximum atomic E-state index is 13.9. The fourth-order valence-electron chi connectivity index (χ4n) is 5.21. The molecule has 1 fully saturated rings. The Morgan fingerprint density at radius 1 is 1.08 bits per heavy atom. The van der Waals surface area contributed by atoms with E-state index in [2.05, 4.69) is 29.8 Å². The number of amides is 3. The third kappa shape index (κ3) is 7.37. The zero-order valence-corrected chi connectivity index (χ0v) is 23.3. The molecule has 2 unspecified atom stereocenters. The lowest BCUT2D eigenvalue weighted by Crippen LogP contribution is -2.48. The van der Waals surface area contributed by atoms with Gasteiger partial charge in [-0.05, 0) is 42.7 Å². The Hall–Kier alpha value is -3.88. The molecule has 39 heavy (non-hydrogen) atoms. The number of rotatable bonds is 13. The Balaban J connectivity index is 1.63. The third-order valence-corrected chi connectivity index (χ3v) is 7.06. The molecule has 9 nitrogen and oxygen atoms in total. The van der Waals surface area contributed by atoms with Gasteiger partial charge in [0.2, 0.25) is 5.91 Å². The summed E-state index contributed by atoms with van der Waals surface area (Å²) < 4.78 is 4.70. The van der Waals surface area contributed by atoms with Crippen molar-refractivity contribution in [3.63, 3.8) is 0 Å². The lowest BCUT2D eigenvalue weighted by molar-refractivity contribution is -0.133. The number of nitrogens with zero attached hydrogens (tertiary/aromatic N) is 1. The Kier molecular flexibility index (Phi) is 10.5. The minimum atomic E-state index is -0.960. The van der Waals surface area contributed by atoms with Crippen LogP contribution in [0.15, 0.2) is 60.7 Å². The zero-order valence-electron chi connectivity index (χ0n) is 23.3. The van der Waals surface area contributed by atoms with Gasteiger partial charge >= 0.3 is 6.09 Å². The second-order valence-electron chi connectivity index (χ2n) is 10.4. The van der Waals surface area contributed by atoms with Gasteiger partial charge < -0.3 is 20.7 Å². The van der Waals surface area contributed by atoms with E-state index in [9.17, 15) is 14.4 Å².